The van der Waals surface area contributed by atoms with Crippen molar-refractivity contribution in [2.75, 3.05) is 25.3 Å². The van der Waals surface area contributed by atoms with E-state index < -0.39 is 0 Å². The number of nitrogens with two attached hydrogens (primary N) is 1. The molecule has 0 saturated carbocycles. The number of amides is 1. The van der Waals surface area contributed by atoms with Gasteiger partial charge in [-0.15, -0.1) is 0 Å². The first-order valence-electron chi connectivity index (χ1n) is 6.14. The molecule has 6 heteroatoms. The van der Waals surface area contributed by atoms with Crippen LogP contribution in [0.4, 0.5) is 11.4 Å². The second-order valence-electron chi connectivity index (χ2n) is 4.22. The lowest BCUT2D eigenvalue weighted by Gasteiger charge is -2.13. The number of methoxy groups -OCH3 is 2. The van der Waals surface area contributed by atoms with Gasteiger partial charge in [-0.2, -0.15) is 0 Å². The van der Waals surface area contributed by atoms with Gasteiger partial charge in [0.1, 0.15) is 17.1 Å². The molecule has 2 aromatic carbocycles. The fourth-order valence-electron chi connectivity index (χ4n) is 1.87. The molecule has 5 nitrogen and oxygen atoms in total. The number of ether oxygens (including phenoxy) is 2. The van der Waals surface area contributed by atoms with Crippen LogP contribution in [0.1, 0.15) is 10.4 Å². The van der Waals surface area contributed by atoms with E-state index in [-0.39, 0.29) is 5.91 Å². The van der Waals surface area contributed by atoms with Gasteiger partial charge in [0.05, 0.1) is 19.9 Å². The Kier molecular flexibility index (Phi) is 4.70. The average Bonchev–Trinajstić information content (AvgIpc) is 2.48. The number of rotatable bonds is 4. The van der Waals surface area contributed by atoms with Crippen molar-refractivity contribution in [3.63, 3.8) is 0 Å². The molecule has 1 amide bonds. The van der Waals surface area contributed by atoms with Gasteiger partial charge in [0, 0.05) is 16.2 Å². The highest BCUT2D eigenvalue weighted by atomic mass is 79.9. The minimum atomic E-state index is -0.348. The van der Waals surface area contributed by atoms with Crippen LogP contribution in [-0.4, -0.2) is 20.1 Å². The first-order valence-corrected chi connectivity index (χ1v) is 6.93. The van der Waals surface area contributed by atoms with E-state index in [0.29, 0.717) is 28.4 Å². The predicted octanol–water partition coefficient (Wildman–Crippen LogP) is 3.30. The van der Waals surface area contributed by atoms with E-state index in [1.165, 1.54) is 7.11 Å². The van der Waals surface area contributed by atoms with E-state index in [0.717, 1.165) is 4.47 Å². The van der Waals surface area contributed by atoms with E-state index in [4.69, 9.17) is 15.2 Å². The van der Waals surface area contributed by atoms with Crippen molar-refractivity contribution in [2.45, 2.75) is 0 Å². The van der Waals surface area contributed by atoms with Gasteiger partial charge < -0.3 is 20.5 Å². The Morgan fingerprint density at radius 2 is 1.95 bits per heavy atom. The summed E-state index contributed by atoms with van der Waals surface area (Å²) in [6.45, 7) is 0. The van der Waals surface area contributed by atoms with Gasteiger partial charge in [-0.3, -0.25) is 4.79 Å². The molecule has 0 aliphatic rings. The van der Waals surface area contributed by atoms with Gasteiger partial charge in [0.25, 0.3) is 5.91 Å². The monoisotopic (exact) mass is 350 g/mol. The highest BCUT2D eigenvalue weighted by Crippen LogP contribution is 2.30. The van der Waals surface area contributed by atoms with Crippen molar-refractivity contribution < 1.29 is 14.3 Å². The van der Waals surface area contributed by atoms with E-state index >= 15 is 0 Å². The summed E-state index contributed by atoms with van der Waals surface area (Å²) >= 11 is 3.38. The van der Waals surface area contributed by atoms with Crippen LogP contribution in [0.5, 0.6) is 11.5 Å². The van der Waals surface area contributed by atoms with E-state index in [2.05, 4.69) is 21.2 Å². The fraction of sp³-hybridized carbons (Fsp3) is 0.133. The van der Waals surface area contributed by atoms with Crippen LogP contribution < -0.4 is 20.5 Å². The topological polar surface area (TPSA) is 73.6 Å². The molecule has 0 radical (unpaired) electrons. The van der Waals surface area contributed by atoms with Crippen LogP contribution in [0.15, 0.2) is 40.9 Å². The smallest absolute Gasteiger partial charge is 0.261 e. The van der Waals surface area contributed by atoms with E-state index in [1.54, 1.807) is 43.5 Å². The number of hydrogen-bond acceptors (Lipinski definition) is 4. The zero-order valence-corrected chi connectivity index (χ0v) is 13.2. The second kappa shape index (κ2) is 6.49. The second-order valence-corrected chi connectivity index (χ2v) is 5.08. The first-order chi connectivity index (χ1) is 10.1. The van der Waals surface area contributed by atoms with Crippen molar-refractivity contribution >= 4 is 33.2 Å². The Hall–Kier alpha value is -2.21. The Balaban J connectivity index is 2.35. The van der Waals surface area contributed by atoms with Crippen LogP contribution in [0.2, 0.25) is 0 Å². The highest BCUT2D eigenvalue weighted by Gasteiger charge is 2.17. The maximum absolute atomic E-state index is 12.4. The molecule has 0 aliphatic heterocycles. The molecule has 3 N–H and O–H groups in total. The fourth-order valence-corrected chi connectivity index (χ4v) is 2.22. The van der Waals surface area contributed by atoms with Crippen molar-refractivity contribution in [2.24, 2.45) is 0 Å². The molecule has 0 unspecified atom stereocenters. The maximum atomic E-state index is 12.4. The van der Waals surface area contributed by atoms with E-state index in [1.807, 2.05) is 0 Å². The number of benzene rings is 2. The first kappa shape index (κ1) is 15.2. The normalized spacial score (nSPS) is 10.0. The summed E-state index contributed by atoms with van der Waals surface area (Å²) in [6.07, 6.45) is 0. The van der Waals surface area contributed by atoms with Crippen LogP contribution in [0.25, 0.3) is 0 Å². The highest BCUT2D eigenvalue weighted by molar-refractivity contribution is 9.10. The lowest BCUT2D eigenvalue weighted by Crippen LogP contribution is -2.15. The standard InChI is InChI=1S/C15H15BrN2O3/c1-20-9-6-7-10(16)12(8-9)18-15(19)14-11(17)4-3-5-13(14)21-2/h3-8H,17H2,1-2H3,(H,18,19). The quantitative estimate of drug-likeness (QED) is 0.829. The van der Waals surface area contributed by atoms with Crippen LogP contribution in [0.3, 0.4) is 0 Å². The van der Waals surface area contributed by atoms with Gasteiger partial charge in [-0.05, 0) is 40.2 Å². The number of carbonyl (C=O) groups is 1. The van der Waals surface area contributed by atoms with Crippen molar-refractivity contribution in [1.29, 1.82) is 0 Å². The third-order valence-electron chi connectivity index (χ3n) is 2.93. The molecule has 2 aromatic rings. The maximum Gasteiger partial charge on any atom is 0.261 e. The summed E-state index contributed by atoms with van der Waals surface area (Å²) in [4.78, 5) is 12.4. The molecule has 0 aromatic heterocycles. The minimum absolute atomic E-state index is 0.301. The third kappa shape index (κ3) is 3.28. The summed E-state index contributed by atoms with van der Waals surface area (Å²) in [5.41, 5.74) is 7.11. The molecule has 0 fully saturated rings. The van der Waals surface area contributed by atoms with E-state index in [9.17, 15) is 4.79 Å². The molecule has 2 rings (SSSR count). The van der Waals surface area contributed by atoms with Crippen molar-refractivity contribution in [1.82, 2.24) is 0 Å². The van der Waals surface area contributed by atoms with Crippen molar-refractivity contribution in [3.8, 4) is 11.5 Å². The summed E-state index contributed by atoms with van der Waals surface area (Å²) < 4.78 is 11.1. The van der Waals surface area contributed by atoms with Gasteiger partial charge in [0.15, 0.2) is 0 Å². The number of nitrogens with one attached hydrogen (secondary N) is 1. The molecule has 0 aliphatic carbocycles. The molecule has 110 valence electrons. The minimum Gasteiger partial charge on any atom is -0.497 e. The third-order valence-corrected chi connectivity index (χ3v) is 3.62. The summed E-state index contributed by atoms with van der Waals surface area (Å²) in [7, 11) is 3.06. The number of hydrogen-bond donors (Lipinski definition) is 2. The molecule has 0 saturated heterocycles. The Morgan fingerprint density at radius 1 is 1.19 bits per heavy atom. The number of nitrogen functional groups attached to an aromatic ring is 1. The molecular weight excluding hydrogens is 336 g/mol. The summed E-state index contributed by atoms with van der Waals surface area (Å²) in [6, 6.07) is 10.4. The van der Waals surface area contributed by atoms with Gasteiger partial charge in [-0.1, -0.05) is 6.07 Å². The van der Waals surface area contributed by atoms with Gasteiger partial charge in [-0.25, -0.2) is 0 Å². The number of anilines is 2. The molecular formula is C15H15BrN2O3. The largest absolute Gasteiger partial charge is 0.497 e. The lowest BCUT2D eigenvalue weighted by atomic mass is 10.1. The molecule has 0 atom stereocenters. The molecule has 0 spiro atoms. The summed E-state index contributed by atoms with van der Waals surface area (Å²) in [5.74, 6) is 0.715. The zero-order valence-electron chi connectivity index (χ0n) is 11.6. The van der Waals surface area contributed by atoms with Crippen LogP contribution in [0, 0.1) is 0 Å². The molecule has 0 bridgehead atoms. The van der Waals surface area contributed by atoms with Crippen molar-refractivity contribution in [3.05, 3.63) is 46.4 Å². The molecule has 21 heavy (non-hydrogen) atoms. The number of carbonyl (C=O) groups excluding carboxylic acids is 1. The van der Waals surface area contributed by atoms with Crippen LogP contribution >= 0.6 is 15.9 Å². The van der Waals surface area contributed by atoms with Crippen LogP contribution in [-0.2, 0) is 0 Å². The Labute approximate surface area is 131 Å². The summed E-state index contributed by atoms with van der Waals surface area (Å²) in [5, 5.41) is 2.79. The van der Waals surface area contributed by atoms with Gasteiger partial charge in [0.2, 0.25) is 0 Å². The number of halogens is 1. The predicted molar refractivity (Wildman–Crippen MR) is 86.1 cm³/mol. The SMILES string of the molecule is COc1ccc(Br)c(NC(=O)c2c(N)cccc2OC)c1. The zero-order chi connectivity index (χ0) is 15.4. The Bertz CT molecular complexity index is 674. The molecule has 0 heterocycles. The van der Waals surface area contributed by atoms with Gasteiger partial charge >= 0.3 is 0 Å². The average molecular weight is 351 g/mol. The Morgan fingerprint density at radius 3 is 2.62 bits per heavy atom. The lowest BCUT2D eigenvalue weighted by molar-refractivity contribution is 0.102.